The number of carbonyl (C=O) groups excluding carboxylic acids is 2. The van der Waals surface area contributed by atoms with Crippen LogP contribution in [-0.2, 0) is 7.05 Å². The van der Waals surface area contributed by atoms with E-state index in [1.165, 1.54) is 41.1 Å². The van der Waals surface area contributed by atoms with Crippen LogP contribution < -0.4 is 20.9 Å². The maximum absolute atomic E-state index is 13.1. The minimum absolute atomic E-state index is 0.101. The Kier molecular flexibility index (Phi) is 6.95. The number of para-hydroxylation sites is 1. The molecule has 8 nitrogen and oxygen atoms in total. The van der Waals surface area contributed by atoms with E-state index in [0.29, 0.717) is 17.1 Å². The van der Waals surface area contributed by atoms with E-state index in [0.717, 1.165) is 0 Å². The Labute approximate surface area is 204 Å². The summed E-state index contributed by atoms with van der Waals surface area (Å²) >= 11 is 0. The summed E-state index contributed by atoms with van der Waals surface area (Å²) in [6, 6.07) is 20.5. The zero-order chi connectivity index (χ0) is 25.8. The van der Waals surface area contributed by atoms with Gasteiger partial charge in [-0.1, -0.05) is 30.3 Å². The quantitative estimate of drug-likeness (QED) is 0.395. The van der Waals surface area contributed by atoms with Crippen LogP contribution >= 0.6 is 0 Å². The van der Waals surface area contributed by atoms with Crippen molar-refractivity contribution in [1.29, 1.82) is 0 Å². The topological polar surface area (TPSA) is 94.4 Å². The van der Waals surface area contributed by atoms with E-state index in [2.05, 4.69) is 15.4 Å². The highest BCUT2D eigenvalue weighted by Gasteiger charge is 2.19. The monoisotopic (exact) mass is 492 g/mol. The summed E-state index contributed by atoms with van der Waals surface area (Å²) in [7, 11) is 1.72. The molecule has 0 aliphatic carbocycles. The molecule has 10 heteroatoms. The number of rotatable bonds is 7. The van der Waals surface area contributed by atoms with E-state index in [1.807, 2.05) is 18.2 Å². The largest absolute Gasteiger partial charge is 0.435 e. The number of amides is 2. The van der Waals surface area contributed by atoms with Crippen molar-refractivity contribution in [1.82, 2.24) is 9.36 Å². The molecule has 2 N–H and O–H groups in total. The number of halogens is 2. The second kappa shape index (κ2) is 10.3. The fourth-order valence-electron chi connectivity index (χ4n) is 3.65. The summed E-state index contributed by atoms with van der Waals surface area (Å²) in [6.45, 7) is -1.29. The Morgan fingerprint density at radius 3 is 2.19 bits per heavy atom. The molecule has 4 rings (SSSR count). The number of anilines is 2. The van der Waals surface area contributed by atoms with Crippen LogP contribution in [-0.4, -0.2) is 27.8 Å². The Hall–Kier alpha value is -4.73. The minimum atomic E-state index is -3.01. The zero-order valence-electron chi connectivity index (χ0n) is 19.4. The van der Waals surface area contributed by atoms with Gasteiger partial charge in [0.2, 0.25) is 0 Å². The van der Waals surface area contributed by atoms with Crippen LogP contribution in [0.5, 0.6) is 5.75 Å². The number of alkyl halides is 2. The third kappa shape index (κ3) is 5.17. The van der Waals surface area contributed by atoms with Gasteiger partial charge in [0.25, 0.3) is 17.4 Å². The smallest absolute Gasteiger partial charge is 0.387 e. The van der Waals surface area contributed by atoms with Crippen LogP contribution in [0.25, 0.3) is 5.69 Å². The van der Waals surface area contributed by atoms with Crippen molar-refractivity contribution in [3.8, 4) is 11.4 Å². The van der Waals surface area contributed by atoms with Crippen molar-refractivity contribution in [3.63, 3.8) is 0 Å². The number of hydrogen-bond donors (Lipinski definition) is 2. The van der Waals surface area contributed by atoms with Crippen LogP contribution in [0.15, 0.2) is 83.7 Å². The molecule has 2 amide bonds. The number of aromatic nitrogens is 2. The highest BCUT2D eigenvalue weighted by Crippen LogP contribution is 2.19. The first-order chi connectivity index (χ1) is 17.2. The van der Waals surface area contributed by atoms with Crippen LogP contribution in [0.1, 0.15) is 26.4 Å². The Morgan fingerprint density at radius 2 is 1.50 bits per heavy atom. The van der Waals surface area contributed by atoms with Crippen molar-refractivity contribution >= 4 is 23.2 Å². The van der Waals surface area contributed by atoms with Gasteiger partial charge in [0, 0.05) is 23.9 Å². The van der Waals surface area contributed by atoms with E-state index >= 15 is 0 Å². The number of carbonyl (C=O) groups is 2. The average molecular weight is 492 g/mol. The van der Waals surface area contributed by atoms with Gasteiger partial charge in [-0.2, -0.15) is 8.78 Å². The first-order valence-corrected chi connectivity index (χ1v) is 10.9. The minimum Gasteiger partial charge on any atom is -0.435 e. The van der Waals surface area contributed by atoms with Crippen LogP contribution in [0, 0.1) is 6.92 Å². The molecule has 0 spiro atoms. The fraction of sp³-hybridized carbons (Fsp3) is 0.115. The highest BCUT2D eigenvalue weighted by molar-refractivity contribution is 6.07. The molecular weight excluding hydrogens is 470 g/mol. The van der Waals surface area contributed by atoms with Gasteiger partial charge in [-0.15, -0.1) is 0 Å². The summed E-state index contributed by atoms with van der Waals surface area (Å²) < 4.78 is 32.3. The fourth-order valence-corrected chi connectivity index (χ4v) is 3.65. The molecule has 0 saturated carbocycles. The van der Waals surface area contributed by atoms with Crippen LogP contribution in [0.4, 0.5) is 20.2 Å². The van der Waals surface area contributed by atoms with E-state index in [-0.39, 0.29) is 28.1 Å². The van der Waals surface area contributed by atoms with Crippen molar-refractivity contribution < 1.29 is 23.1 Å². The van der Waals surface area contributed by atoms with Gasteiger partial charge >= 0.3 is 6.61 Å². The lowest BCUT2D eigenvalue weighted by molar-refractivity contribution is -0.0498. The first-order valence-electron chi connectivity index (χ1n) is 10.9. The molecule has 0 saturated heterocycles. The zero-order valence-corrected chi connectivity index (χ0v) is 19.4. The lowest BCUT2D eigenvalue weighted by Gasteiger charge is -2.09. The van der Waals surface area contributed by atoms with Gasteiger partial charge in [-0.25, -0.2) is 4.68 Å². The normalized spacial score (nSPS) is 10.8. The van der Waals surface area contributed by atoms with Crippen molar-refractivity contribution in [2.24, 2.45) is 7.05 Å². The SMILES string of the molecule is Cc1c(NC(=O)c2cccc(NC(=O)c3cccc(OC(F)F)c3)c2)c(=O)n(-c2ccccc2)n1C. The number of nitrogens with one attached hydrogen (secondary N) is 2. The molecule has 0 fully saturated rings. The molecule has 1 aromatic heterocycles. The summed E-state index contributed by atoms with van der Waals surface area (Å²) in [4.78, 5) is 38.6. The number of ether oxygens (including phenoxy) is 1. The second-order valence-electron chi connectivity index (χ2n) is 7.83. The van der Waals surface area contributed by atoms with Gasteiger partial charge in [0.1, 0.15) is 11.4 Å². The van der Waals surface area contributed by atoms with Crippen LogP contribution in [0.3, 0.4) is 0 Å². The lowest BCUT2D eigenvalue weighted by atomic mass is 10.1. The van der Waals surface area contributed by atoms with E-state index in [1.54, 1.807) is 42.9 Å². The first kappa shape index (κ1) is 24.4. The summed E-state index contributed by atoms with van der Waals surface area (Å²) in [5, 5.41) is 5.29. The van der Waals surface area contributed by atoms with Crippen LogP contribution in [0.2, 0.25) is 0 Å². The summed E-state index contributed by atoms with van der Waals surface area (Å²) in [5.41, 5.74) is 1.58. The maximum Gasteiger partial charge on any atom is 0.387 e. The molecule has 1 heterocycles. The number of hydrogen-bond acceptors (Lipinski definition) is 4. The van der Waals surface area contributed by atoms with Gasteiger partial charge in [0.05, 0.1) is 11.4 Å². The van der Waals surface area contributed by atoms with Crippen molar-refractivity contribution in [2.45, 2.75) is 13.5 Å². The Bertz CT molecular complexity index is 1480. The molecule has 0 aliphatic rings. The van der Waals surface area contributed by atoms with E-state index < -0.39 is 18.4 Å². The third-order valence-electron chi connectivity index (χ3n) is 5.50. The lowest BCUT2D eigenvalue weighted by Crippen LogP contribution is -2.23. The average Bonchev–Trinajstić information content (AvgIpc) is 3.07. The molecule has 0 unspecified atom stereocenters. The number of nitrogens with zero attached hydrogens (tertiary/aromatic N) is 2. The molecular formula is C26H22F2N4O4. The molecule has 0 aliphatic heterocycles. The van der Waals surface area contributed by atoms with Crippen molar-refractivity contribution in [3.05, 3.63) is 106 Å². The van der Waals surface area contributed by atoms with Gasteiger partial charge in [-0.05, 0) is 55.5 Å². The molecule has 4 aromatic rings. The van der Waals surface area contributed by atoms with Gasteiger partial charge in [-0.3, -0.25) is 19.1 Å². The highest BCUT2D eigenvalue weighted by atomic mass is 19.3. The summed E-state index contributed by atoms with van der Waals surface area (Å²) in [5.74, 6) is -1.26. The van der Waals surface area contributed by atoms with E-state index in [9.17, 15) is 23.2 Å². The Morgan fingerprint density at radius 1 is 0.861 bits per heavy atom. The number of benzene rings is 3. The molecule has 36 heavy (non-hydrogen) atoms. The Balaban J connectivity index is 1.53. The molecule has 0 atom stereocenters. The predicted octanol–water partition coefficient (Wildman–Crippen LogP) is 4.59. The third-order valence-corrected chi connectivity index (χ3v) is 5.50. The van der Waals surface area contributed by atoms with Gasteiger partial charge in [0.15, 0.2) is 0 Å². The second-order valence-corrected chi connectivity index (χ2v) is 7.83. The maximum atomic E-state index is 13.1. The summed E-state index contributed by atoms with van der Waals surface area (Å²) in [6.07, 6.45) is 0. The van der Waals surface area contributed by atoms with Gasteiger partial charge < -0.3 is 15.4 Å². The van der Waals surface area contributed by atoms with E-state index in [4.69, 9.17) is 0 Å². The molecule has 184 valence electrons. The van der Waals surface area contributed by atoms with Crippen molar-refractivity contribution in [2.75, 3.05) is 10.6 Å². The predicted molar refractivity (Wildman–Crippen MR) is 131 cm³/mol. The molecule has 3 aromatic carbocycles. The molecule has 0 radical (unpaired) electrons. The molecule has 0 bridgehead atoms. The standard InChI is InChI=1S/C26H22F2N4O4/c1-16-22(25(35)32(31(16)2)20-11-4-3-5-12-20)30-24(34)17-8-6-10-19(14-17)29-23(33)18-9-7-13-21(15-18)36-26(27)28/h3-15,26H,1-2H3,(H,29,33)(H,30,34).